The van der Waals surface area contributed by atoms with E-state index in [1.54, 1.807) is 0 Å². The van der Waals surface area contributed by atoms with Crippen molar-refractivity contribution in [1.29, 1.82) is 0 Å². The fourth-order valence-electron chi connectivity index (χ4n) is 2.98. The normalized spacial score (nSPS) is 16.9. The zero-order valence-electron chi connectivity index (χ0n) is 14.0. The van der Waals surface area contributed by atoms with Crippen molar-refractivity contribution in [3.8, 4) is 0 Å². The van der Waals surface area contributed by atoms with E-state index in [1.807, 2.05) is 35.2 Å². The van der Waals surface area contributed by atoms with Gasteiger partial charge in [0.05, 0.1) is 18.8 Å². The summed E-state index contributed by atoms with van der Waals surface area (Å²) in [6.45, 7) is 2.19. The second kappa shape index (κ2) is 7.88. The molecule has 138 valence electrons. The van der Waals surface area contributed by atoms with Crippen LogP contribution in [0, 0.1) is 0 Å². The second-order valence-corrected chi connectivity index (χ2v) is 6.03. The van der Waals surface area contributed by atoms with Gasteiger partial charge in [0.25, 0.3) is 0 Å². The molecule has 2 aromatic rings. The number of ether oxygens (including phenoxy) is 1. The smallest absolute Gasteiger partial charge is 0.379 e. The molecule has 1 aliphatic heterocycles. The standard InChI is InChI=1S/C19H19F3N2O2/c20-19(21,22)15-7-4-8-16(13-15)23-18(25)17(14-5-2-1-3-6-14)24-9-11-26-12-10-24/h1-8,13,17H,9-12H2,(H,23,25)/t17-/m0/s1. The highest BCUT2D eigenvalue weighted by atomic mass is 19.4. The zero-order chi connectivity index (χ0) is 18.6. The first-order valence-electron chi connectivity index (χ1n) is 8.30. The fourth-order valence-corrected chi connectivity index (χ4v) is 2.98. The van der Waals surface area contributed by atoms with Crippen molar-refractivity contribution < 1.29 is 22.7 Å². The van der Waals surface area contributed by atoms with Gasteiger partial charge in [0.15, 0.2) is 0 Å². The second-order valence-electron chi connectivity index (χ2n) is 6.03. The van der Waals surface area contributed by atoms with Crippen LogP contribution in [0.5, 0.6) is 0 Å². The molecule has 4 nitrogen and oxygen atoms in total. The Hall–Kier alpha value is -2.38. The first kappa shape index (κ1) is 18.4. The van der Waals surface area contributed by atoms with Crippen LogP contribution in [-0.2, 0) is 15.7 Å². The van der Waals surface area contributed by atoms with Gasteiger partial charge in [-0.15, -0.1) is 0 Å². The number of hydrogen-bond acceptors (Lipinski definition) is 3. The van der Waals surface area contributed by atoms with E-state index < -0.39 is 17.8 Å². The number of halogens is 3. The van der Waals surface area contributed by atoms with Gasteiger partial charge in [-0.25, -0.2) is 0 Å². The molecule has 26 heavy (non-hydrogen) atoms. The minimum Gasteiger partial charge on any atom is -0.379 e. The van der Waals surface area contributed by atoms with E-state index in [4.69, 9.17) is 4.74 Å². The molecule has 1 aliphatic rings. The minimum atomic E-state index is -4.45. The number of carbonyl (C=O) groups excluding carboxylic acids is 1. The molecule has 1 amide bonds. The molecule has 0 saturated carbocycles. The lowest BCUT2D eigenvalue weighted by molar-refractivity contribution is -0.137. The third kappa shape index (κ3) is 4.42. The molecule has 0 bridgehead atoms. The molecule has 1 heterocycles. The quantitative estimate of drug-likeness (QED) is 0.899. The molecule has 0 radical (unpaired) electrons. The summed E-state index contributed by atoms with van der Waals surface area (Å²) in [5.41, 5.74) is 0.121. The van der Waals surface area contributed by atoms with E-state index in [0.717, 1.165) is 17.7 Å². The Morgan fingerprint density at radius 3 is 2.38 bits per heavy atom. The van der Waals surface area contributed by atoms with Crippen molar-refractivity contribution in [3.05, 3.63) is 65.7 Å². The number of hydrogen-bond donors (Lipinski definition) is 1. The van der Waals surface area contributed by atoms with Gasteiger partial charge >= 0.3 is 6.18 Å². The molecule has 0 spiro atoms. The molecule has 1 fully saturated rings. The van der Waals surface area contributed by atoms with Gasteiger partial charge in [0.2, 0.25) is 5.91 Å². The summed E-state index contributed by atoms with van der Waals surface area (Å²) in [4.78, 5) is 14.9. The largest absolute Gasteiger partial charge is 0.416 e. The number of nitrogens with zero attached hydrogens (tertiary/aromatic N) is 1. The Morgan fingerprint density at radius 2 is 1.73 bits per heavy atom. The Balaban J connectivity index is 1.84. The monoisotopic (exact) mass is 364 g/mol. The van der Waals surface area contributed by atoms with Gasteiger partial charge in [-0.2, -0.15) is 13.2 Å². The van der Waals surface area contributed by atoms with Crippen LogP contribution in [0.1, 0.15) is 17.2 Å². The highest BCUT2D eigenvalue weighted by molar-refractivity contribution is 5.95. The molecule has 7 heteroatoms. The maximum absolute atomic E-state index is 12.9. The topological polar surface area (TPSA) is 41.6 Å². The summed E-state index contributed by atoms with van der Waals surface area (Å²) in [6, 6.07) is 13.3. The first-order valence-corrected chi connectivity index (χ1v) is 8.30. The van der Waals surface area contributed by atoms with Crippen LogP contribution < -0.4 is 5.32 Å². The number of anilines is 1. The summed E-state index contributed by atoms with van der Waals surface area (Å²) in [5, 5.41) is 2.63. The predicted molar refractivity (Wildman–Crippen MR) is 91.6 cm³/mol. The van der Waals surface area contributed by atoms with Crippen molar-refractivity contribution in [2.45, 2.75) is 12.2 Å². The lowest BCUT2D eigenvalue weighted by Gasteiger charge is -2.33. The van der Waals surface area contributed by atoms with Crippen LogP contribution >= 0.6 is 0 Å². The Morgan fingerprint density at radius 1 is 1.04 bits per heavy atom. The third-order valence-corrected chi connectivity index (χ3v) is 4.23. The number of morpholine rings is 1. The lowest BCUT2D eigenvalue weighted by Crippen LogP contribution is -2.43. The van der Waals surface area contributed by atoms with Crippen LogP contribution in [0.2, 0.25) is 0 Å². The van der Waals surface area contributed by atoms with E-state index in [2.05, 4.69) is 5.32 Å². The number of benzene rings is 2. The number of carbonyl (C=O) groups is 1. The highest BCUT2D eigenvalue weighted by Crippen LogP contribution is 2.31. The van der Waals surface area contributed by atoms with Gasteiger partial charge in [-0.1, -0.05) is 36.4 Å². The third-order valence-electron chi connectivity index (χ3n) is 4.23. The predicted octanol–water partition coefficient (Wildman–Crippen LogP) is 3.72. The van der Waals surface area contributed by atoms with E-state index in [0.29, 0.717) is 26.3 Å². The summed E-state index contributed by atoms with van der Waals surface area (Å²) >= 11 is 0. The maximum Gasteiger partial charge on any atom is 0.416 e. The van der Waals surface area contributed by atoms with Gasteiger partial charge in [-0.3, -0.25) is 9.69 Å². The average Bonchev–Trinajstić information content (AvgIpc) is 2.63. The Kier molecular flexibility index (Phi) is 5.58. The van der Waals surface area contributed by atoms with Crippen molar-refractivity contribution in [3.63, 3.8) is 0 Å². The fraction of sp³-hybridized carbons (Fsp3) is 0.316. The SMILES string of the molecule is O=C(Nc1cccc(C(F)(F)F)c1)[C@H](c1ccccc1)N1CCOCC1. The highest BCUT2D eigenvalue weighted by Gasteiger charge is 2.32. The van der Waals surface area contributed by atoms with Crippen LogP contribution in [0.3, 0.4) is 0 Å². The number of amides is 1. The minimum absolute atomic E-state index is 0.124. The van der Waals surface area contributed by atoms with Crippen LogP contribution in [0.15, 0.2) is 54.6 Å². The van der Waals surface area contributed by atoms with Gasteiger partial charge < -0.3 is 10.1 Å². The number of alkyl halides is 3. The lowest BCUT2D eigenvalue weighted by atomic mass is 10.0. The Labute approximate surface area is 149 Å². The van der Waals surface area contributed by atoms with Crippen LogP contribution in [0.4, 0.5) is 18.9 Å². The first-order chi connectivity index (χ1) is 12.4. The Bertz CT molecular complexity index is 744. The van der Waals surface area contributed by atoms with Gasteiger partial charge in [-0.05, 0) is 23.8 Å². The van der Waals surface area contributed by atoms with Crippen molar-refractivity contribution in [2.24, 2.45) is 0 Å². The summed E-state index contributed by atoms with van der Waals surface area (Å²) < 4.78 is 44.0. The molecular formula is C19H19F3N2O2. The summed E-state index contributed by atoms with van der Waals surface area (Å²) in [6.07, 6.45) is -4.45. The molecule has 0 aliphatic carbocycles. The summed E-state index contributed by atoms with van der Waals surface area (Å²) in [7, 11) is 0. The molecule has 1 atom stereocenters. The molecular weight excluding hydrogens is 345 g/mol. The van der Waals surface area contributed by atoms with E-state index in [-0.39, 0.29) is 11.6 Å². The van der Waals surface area contributed by atoms with E-state index >= 15 is 0 Å². The number of rotatable bonds is 4. The summed E-state index contributed by atoms with van der Waals surface area (Å²) in [5.74, 6) is -0.363. The van der Waals surface area contributed by atoms with Gasteiger partial charge in [0.1, 0.15) is 6.04 Å². The molecule has 1 N–H and O–H groups in total. The van der Waals surface area contributed by atoms with Crippen LogP contribution in [-0.4, -0.2) is 37.1 Å². The number of nitrogens with one attached hydrogen (secondary N) is 1. The van der Waals surface area contributed by atoms with Crippen molar-refractivity contribution >= 4 is 11.6 Å². The van der Waals surface area contributed by atoms with Crippen molar-refractivity contribution in [2.75, 3.05) is 31.6 Å². The van der Waals surface area contributed by atoms with E-state index in [9.17, 15) is 18.0 Å². The zero-order valence-corrected chi connectivity index (χ0v) is 14.0. The molecule has 3 rings (SSSR count). The van der Waals surface area contributed by atoms with E-state index in [1.165, 1.54) is 12.1 Å². The van der Waals surface area contributed by atoms with Gasteiger partial charge in [0, 0.05) is 18.8 Å². The molecule has 0 unspecified atom stereocenters. The molecule has 2 aromatic carbocycles. The molecule has 1 saturated heterocycles. The maximum atomic E-state index is 12.9. The van der Waals surface area contributed by atoms with Crippen molar-refractivity contribution in [1.82, 2.24) is 4.90 Å². The van der Waals surface area contributed by atoms with Crippen LogP contribution in [0.25, 0.3) is 0 Å². The average molecular weight is 364 g/mol. The molecule has 0 aromatic heterocycles.